The monoisotopic (exact) mass is 355 g/mol. The minimum Gasteiger partial charge on any atom is -0.394 e. The summed E-state index contributed by atoms with van der Waals surface area (Å²) in [6, 6.07) is 0. The number of hydrogen-bond acceptors (Lipinski definition) is 11. The molecule has 12 nitrogen and oxygen atoms in total. The Hall–Kier alpha value is -2.09. The second-order valence-electron chi connectivity index (χ2n) is 5.76. The van der Waals surface area contributed by atoms with Gasteiger partial charge in [0.15, 0.2) is 17.7 Å². The first kappa shape index (κ1) is 17.7. The van der Waals surface area contributed by atoms with Crippen LogP contribution in [0.5, 0.6) is 0 Å². The zero-order valence-electron chi connectivity index (χ0n) is 13.2. The molecular formula is C13H21N7O5. The number of nitrogens with one attached hydrogen (secondary N) is 1. The maximum absolute atomic E-state index is 10.2. The van der Waals surface area contributed by atoms with E-state index in [4.69, 9.17) is 16.2 Å². The summed E-state index contributed by atoms with van der Waals surface area (Å²) in [7, 11) is 0. The van der Waals surface area contributed by atoms with Gasteiger partial charge in [-0.25, -0.2) is 4.98 Å². The number of rotatable bonds is 6. The molecule has 1 aliphatic rings. The molecule has 0 bridgehead atoms. The van der Waals surface area contributed by atoms with Crippen LogP contribution in [-0.2, 0) is 4.74 Å². The first-order valence-electron chi connectivity index (χ1n) is 7.70. The Morgan fingerprint density at radius 2 is 2.08 bits per heavy atom. The Bertz CT molecular complexity index is 741. The number of nitrogen functional groups attached to an aromatic ring is 1. The number of nitrogens with two attached hydrogens (primary N) is 2. The molecule has 0 radical (unpaired) electrons. The molecular weight excluding hydrogens is 334 g/mol. The molecule has 2 aromatic rings. The van der Waals surface area contributed by atoms with E-state index in [2.05, 4.69) is 20.3 Å². The molecule has 0 amide bonds. The van der Waals surface area contributed by atoms with Crippen LogP contribution < -0.4 is 16.8 Å². The third-order valence-corrected chi connectivity index (χ3v) is 4.01. The Labute approximate surface area is 142 Å². The summed E-state index contributed by atoms with van der Waals surface area (Å²) in [6.45, 7) is -0.239. The van der Waals surface area contributed by atoms with Crippen molar-refractivity contribution in [3.05, 3.63) is 6.33 Å². The molecule has 1 saturated heterocycles. The van der Waals surface area contributed by atoms with Crippen LogP contribution in [0, 0.1) is 0 Å². The third-order valence-electron chi connectivity index (χ3n) is 4.01. The van der Waals surface area contributed by atoms with Crippen LogP contribution in [-0.4, -0.2) is 84.1 Å². The maximum Gasteiger partial charge on any atom is 0.226 e. The maximum atomic E-state index is 10.2. The Kier molecular flexibility index (Phi) is 4.99. The molecule has 25 heavy (non-hydrogen) atoms. The van der Waals surface area contributed by atoms with Gasteiger partial charge in [0.25, 0.3) is 0 Å². The number of aromatic nitrogens is 4. The van der Waals surface area contributed by atoms with E-state index in [-0.39, 0.29) is 30.5 Å². The molecule has 1 fully saturated rings. The van der Waals surface area contributed by atoms with E-state index in [9.17, 15) is 20.4 Å². The van der Waals surface area contributed by atoms with Crippen LogP contribution in [0.25, 0.3) is 11.2 Å². The predicted octanol–water partition coefficient (Wildman–Crippen LogP) is -3.25. The second kappa shape index (κ2) is 7.03. The quantitative estimate of drug-likeness (QED) is 0.274. The van der Waals surface area contributed by atoms with Crippen LogP contribution in [0.3, 0.4) is 0 Å². The fourth-order valence-electron chi connectivity index (χ4n) is 2.61. The van der Waals surface area contributed by atoms with Crippen molar-refractivity contribution >= 4 is 22.9 Å². The summed E-state index contributed by atoms with van der Waals surface area (Å²) < 4.78 is 6.88. The minimum atomic E-state index is -1.28. The molecule has 9 N–H and O–H groups in total. The topological polar surface area (TPSA) is 198 Å². The van der Waals surface area contributed by atoms with Crippen molar-refractivity contribution in [1.29, 1.82) is 0 Å². The molecule has 0 aromatic carbocycles. The zero-order valence-corrected chi connectivity index (χ0v) is 13.2. The number of anilines is 2. The van der Waals surface area contributed by atoms with Crippen molar-refractivity contribution in [3.8, 4) is 0 Å². The number of aliphatic hydroxyl groups excluding tert-OH is 4. The minimum absolute atomic E-state index is 0.0746. The van der Waals surface area contributed by atoms with Crippen molar-refractivity contribution in [2.24, 2.45) is 5.73 Å². The van der Waals surface area contributed by atoms with Crippen molar-refractivity contribution in [2.75, 3.05) is 30.7 Å². The van der Waals surface area contributed by atoms with Gasteiger partial charge in [-0.05, 0) is 0 Å². The van der Waals surface area contributed by atoms with Gasteiger partial charge in [0, 0.05) is 13.1 Å². The standard InChI is InChI=1S/C13H21N7O5/c14-1-5(22)2-16-13-18-10(15)7-11(19-13)20(4-17-7)12-9(24)8(23)6(3-21)25-12/h4-6,8-9,12,21-24H,1-3,14H2,(H3,15,16,18,19)/t5?,6-,8-,9-,12-/m1/s1. The molecule has 138 valence electrons. The predicted molar refractivity (Wildman–Crippen MR) is 86.3 cm³/mol. The fraction of sp³-hybridized carbons (Fsp3) is 0.615. The molecule has 5 atom stereocenters. The lowest BCUT2D eigenvalue weighted by Crippen LogP contribution is -2.33. The van der Waals surface area contributed by atoms with Crippen LogP contribution in [0.4, 0.5) is 11.8 Å². The summed E-state index contributed by atoms with van der Waals surface area (Å²) in [5.41, 5.74) is 11.8. The molecule has 0 aliphatic carbocycles. The average molecular weight is 355 g/mol. The molecule has 12 heteroatoms. The summed E-state index contributed by atoms with van der Waals surface area (Å²) in [6.07, 6.45) is -3.85. The van der Waals surface area contributed by atoms with E-state index in [1.807, 2.05) is 0 Å². The van der Waals surface area contributed by atoms with E-state index in [0.717, 1.165) is 0 Å². The van der Waals surface area contributed by atoms with E-state index in [1.165, 1.54) is 10.9 Å². The van der Waals surface area contributed by atoms with Crippen molar-refractivity contribution in [3.63, 3.8) is 0 Å². The summed E-state index contributed by atoms with van der Waals surface area (Å²) in [5, 5.41) is 41.6. The second-order valence-corrected chi connectivity index (χ2v) is 5.76. The van der Waals surface area contributed by atoms with Crippen LogP contribution in [0.1, 0.15) is 6.23 Å². The van der Waals surface area contributed by atoms with Gasteiger partial charge in [0.05, 0.1) is 19.0 Å². The molecule has 2 aromatic heterocycles. The van der Waals surface area contributed by atoms with Crippen molar-refractivity contribution in [2.45, 2.75) is 30.6 Å². The highest BCUT2D eigenvalue weighted by Crippen LogP contribution is 2.32. The Morgan fingerprint density at radius 1 is 1.32 bits per heavy atom. The third kappa shape index (κ3) is 3.22. The van der Waals surface area contributed by atoms with E-state index in [1.54, 1.807) is 0 Å². The molecule has 3 rings (SSSR count). The number of imidazole rings is 1. The molecule has 0 saturated carbocycles. The van der Waals surface area contributed by atoms with E-state index >= 15 is 0 Å². The lowest BCUT2D eigenvalue weighted by Gasteiger charge is -2.17. The first-order chi connectivity index (χ1) is 12.0. The fourth-order valence-corrected chi connectivity index (χ4v) is 2.61. The van der Waals surface area contributed by atoms with Crippen LogP contribution in [0.15, 0.2) is 6.33 Å². The number of hydrogen-bond donors (Lipinski definition) is 7. The lowest BCUT2D eigenvalue weighted by molar-refractivity contribution is -0.0511. The van der Waals surface area contributed by atoms with Gasteiger partial charge < -0.3 is 41.9 Å². The highest BCUT2D eigenvalue weighted by molar-refractivity contribution is 5.83. The molecule has 0 spiro atoms. The van der Waals surface area contributed by atoms with Gasteiger partial charge >= 0.3 is 0 Å². The summed E-state index contributed by atoms with van der Waals surface area (Å²) >= 11 is 0. The van der Waals surface area contributed by atoms with Crippen LogP contribution >= 0.6 is 0 Å². The lowest BCUT2D eigenvalue weighted by atomic mass is 10.1. The van der Waals surface area contributed by atoms with Gasteiger partial charge in [-0.2, -0.15) is 9.97 Å². The Morgan fingerprint density at radius 3 is 2.72 bits per heavy atom. The van der Waals surface area contributed by atoms with Crippen molar-refractivity contribution in [1.82, 2.24) is 19.5 Å². The van der Waals surface area contributed by atoms with Gasteiger partial charge in [0.2, 0.25) is 5.95 Å². The van der Waals surface area contributed by atoms with Crippen molar-refractivity contribution < 1.29 is 25.2 Å². The summed E-state index contributed by atoms with van der Waals surface area (Å²) in [5.74, 6) is 0.242. The molecule has 1 aliphatic heterocycles. The number of ether oxygens (including phenoxy) is 1. The zero-order chi connectivity index (χ0) is 18.1. The van der Waals surface area contributed by atoms with Gasteiger partial charge in [-0.1, -0.05) is 0 Å². The number of fused-ring (bicyclic) bond motifs is 1. The number of nitrogens with zero attached hydrogens (tertiary/aromatic N) is 4. The van der Waals surface area contributed by atoms with Gasteiger partial charge in [0.1, 0.15) is 23.8 Å². The highest BCUT2D eigenvalue weighted by atomic mass is 16.6. The SMILES string of the molecule is NCC(O)CNc1nc(N)c2ncn([C@@H]3O[C@H](CO)[C@@H](O)[C@H]3O)c2n1. The molecule has 3 heterocycles. The van der Waals surface area contributed by atoms with E-state index < -0.39 is 37.3 Å². The summed E-state index contributed by atoms with van der Waals surface area (Å²) in [4.78, 5) is 12.4. The highest BCUT2D eigenvalue weighted by Gasteiger charge is 2.44. The van der Waals surface area contributed by atoms with Gasteiger partial charge in [-0.15, -0.1) is 0 Å². The first-order valence-corrected chi connectivity index (χ1v) is 7.70. The smallest absolute Gasteiger partial charge is 0.226 e. The van der Waals surface area contributed by atoms with Gasteiger partial charge in [-0.3, -0.25) is 4.57 Å². The largest absolute Gasteiger partial charge is 0.394 e. The molecule has 1 unspecified atom stereocenters. The number of aliphatic hydroxyl groups is 4. The Balaban J connectivity index is 1.93. The van der Waals surface area contributed by atoms with E-state index in [0.29, 0.717) is 5.52 Å². The average Bonchev–Trinajstić information content (AvgIpc) is 3.15. The normalized spacial score (nSPS) is 27.7. The van der Waals surface area contributed by atoms with Crippen LogP contribution in [0.2, 0.25) is 0 Å².